The Balaban J connectivity index is 2.04. The van der Waals surface area contributed by atoms with Gasteiger partial charge in [0.2, 0.25) is 0 Å². The van der Waals surface area contributed by atoms with Crippen LogP contribution in [0.4, 0.5) is 0 Å². The smallest absolute Gasteiger partial charge is 0.0502 e. The number of aliphatic hydroxyl groups is 1. The van der Waals surface area contributed by atoms with Crippen molar-refractivity contribution in [3.05, 3.63) is 35.9 Å². The Kier molecular flexibility index (Phi) is 5.00. The van der Waals surface area contributed by atoms with Crippen LogP contribution in [0.3, 0.4) is 0 Å². The number of likely N-dealkylation sites (tertiary alicyclic amines) is 1. The van der Waals surface area contributed by atoms with Crippen LogP contribution in [-0.4, -0.2) is 36.2 Å². The van der Waals surface area contributed by atoms with Gasteiger partial charge in [-0.1, -0.05) is 44.2 Å². The van der Waals surface area contributed by atoms with Crippen LogP contribution < -0.4 is 0 Å². The minimum atomic E-state index is 0.0640. The molecule has 1 aliphatic rings. The molecule has 1 aromatic carbocycles. The molecule has 1 aliphatic heterocycles. The second kappa shape index (κ2) is 6.53. The average Bonchev–Trinajstić information content (AvgIpc) is 2.39. The Labute approximate surface area is 117 Å². The van der Waals surface area contributed by atoms with E-state index < -0.39 is 0 Å². The van der Waals surface area contributed by atoms with E-state index in [1.165, 1.54) is 18.5 Å². The Morgan fingerprint density at radius 2 is 2.00 bits per heavy atom. The predicted octanol–water partition coefficient (Wildman–Crippen LogP) is 2.96. The first-order chi connectivity index (χ1) is 9.13. The lowest BCUT2D eigenvalue weighted by atomic mass is 9.75. The highest BCUT2D eigenvalue weighted by Gasteiger charge is 2.35. The maximum atomic E-state index is 9.93. The zero-order chi connectivity index (χ0) is 13.7. The fraction of sp³-hybridized carbons (Fsp3) is 0.647. The molecule has 0 spiro atoms. The quantitative estimate of drug-likeness (QED) is 0.881. The normalized spacial score (nSPS) is 24.8. The number of piperidine rings is 1. The zero-order valence-electron chi connectivity index (χ0n) is 12.3. The SMILES string of the molecule is CC(C)CN1CCCC(CO)(Cc2ccccc2)C1. The van der Waals surface area contributed by atoms with E-state index in [9.17, 15) is 5.11 Å². The largest absolute Gasteiger partial charge is 0.396 e. The summed E-state index contributed by atoms with van der Waals surface area (Å²) in [4.78, 5) is 2.54. The first kappa shape index (κ1) is 14.5. The van der Waals surface area contributed by atoms with E-state index in [0.29, 0.717) is 12.5 Å². The number of hydrogen-bond donors (Lipinski definition) is 1. The number of benzene rings is 1. The standard InChI is InChI=1S/C17H27NO/c1-15(2)12-18-10-6-9-17(13-18,14-19)11-16-7-4-3-5-8-16/h3-5,7-8,15,19H,6,9-14H2,1-2H3. The second-order valence-corrected chi connectivity index (χ2v) is 6.55. The summed E-state index contributed by atoms with van der Waals surface area (Å²) in [5, 5.41) is 9.93. The second-order valence-electron chi connectivity index (χ2n) is 6.55. The summed E-state index contributed by atoms with van der Waals surface area (Å²) in [7, 11) is 0. The van der Waals surface area contributed by atoms with Gasteiger partial charge in [0.05, 0.1) is 6.61 Å². The summed E-state index contributed by atoms with van der Waals surface area (Å²) in [6, 6.07) is 10.6. The molecule has 2 heteroatoms. The summed E-state index contributed by atoms with van der Waals surface area (Å²) in [5.74, 6) is 0.700. The van der Waals surface area contributed by atoms with Crippen molar-refractivity contribution in [3.8, 4) is 0 Å². The van der Waals surface area contributed by atoms with Crippen molar-refractivity contribution in [2.24, 2.45) is 11.3 Å². The fourth-order valence-electron chi connectivity index (χ4n) is 3.34. The van der Waals surface area contributed by atoms with Gasteiger partial charge in [0, 0.05) is 18.5 Å². The third-order valence-corrected chi connectivity index (χ3v) is 4.12. The molecule has 1 atom stereocenters. The Hall–Kier alpha value is -0.860. The maximum Gasteiger partial charge on any atom is 0.0502 e. The lowest BCUT2D eigenvalue weighted by Gasteiger charge is -2.42. The van der Waals surface area contributed by atoms with Crippen LogP contribution in [0.2, 0.25) is 0 Å². The van der Waals surface area contributed by atoms with Gasteiger partial charge in [0.15, 0.2) is 0 Å². The molecule has 1 aromatic rings. The average molecular weight is 261 g/mol. The van der Waals surface area contributed by atoms with Crippen LogP contribution in [0, 0.1) is 11.3 Å². The van der Waals surface area contributed by atoms with Crippen LogP contribution in [-0.2, 0) is 6.42 Å². The molecule has 1 fully saturated rings. The molecule has 106 valence electrons. The predicted molar refractivity (Wildman–Crippen MR) is 80.2 cm³/mol. The van der Waals surface area contributed by atoms with E-state index >= 15 is 0 Å². The molecule has 2 nitrogen and oxygen atoms in total. The molecule has 0 aliphatic carbocycles. The molecule has 1 N–H and O–H groups in total. The van der Waals surface area contributed by atoms with Crippen LogP contribution >= 0.6 is 0 Å². The van der Waals surface area contributed by atoms with Crippen LogP contribution in [0.15, 0.2) is 30.3 Å². The van der Waals surface area contributed by atoms with Crippen molar-refractivity contribution in [1.82, 2.24) is 4.90 Å². The molecule has 0 saturated carbocycles. The number of rotatable bonds is 5. The first-order valence-corrected chi connectivity index (χ1v) is 7.51. The highest BCUT2D eigenvalue weighted by Crippen LogP contribution is 2.33. The molecule has 1 unspecified atom stereocenters. The summed E-state index contributed by atoms with van der Waals surface area (Å²) >= 11 is 0. The molecule has 0 bridgehead atoms. The molecular weight excluding hydrogens is 234 g/mol. The molecule has 1 saturated heterocycles. The summed E-state index contributed by atoms with van der Waals surface area (Å²) in [6.07, 6.45) is 3.35. The Morgan fingerprint density at radius 1 is 1.26 bits per heavy atom. The highest BCUT2D eigenvalue weighted by molar-refractivity contribution is 5.17. The monoisotopic (exact) mass is 261 g/mol. The molecule has 1 heterocycles. The van der Waals surface area contributed by atoms with Gasteiger partial charge in [-0.05, 0) is 37.3 Å². The van der Waals surface area contributed by atoms with Crippen LogP contribution in [0.5, 0.6) is 0 Å². The fourth-order valence-corrected chi connectivity index (χ4v) is 3.34. The van der Waals surface area contributed by atoms with Gasteiger partial charge in [0.1, 0.15) is 0 Å². The Bertz CT molecular complexity index is 376. The number of aliphatic hydroxyl groups excluding tert-OH is 1. The van der Waals surface area contributed by atoms with E-state index in [-0.39, 0.29) is 5.41 Å². The van der Waals surface area contributed by atoms with Gasteiger partial charge in [-0.15, -0.1) is 0 Å². The minimum Gasteiger partial charge on any atom is -0.396 e. The topological polar surface area (TPSA) is 23.5 Å². The van der Waals surface area contributed by atoms with Crippen LogP contribution in [0.1, 0.15) is 32.3 Å². The lowest BCUT2D eigenvalue weighted by molar-refractivity contribution is 0.0277. The van der Waals surface area contributed by atoms with Gasteiger partial charge >= 0.3 is 0 Å². The summed E-state index contributed by atoms with van der Waals surface area (Å²) < 4.78 is 0. The summed E-state index contributed by atoms with van der Waals surface area (Å²) in [5.41, 5.74) is 1.41. The highest BCUT2D eigenvalue weighted by atomic mass is 16.3. The van der Waals surface area contributed by atoms with Gasteiger partial charge in [-0.2, -0.15) is 0 Å². The van der Waals surface area contributed by atoms with Gasteiger partial charge in [0.25, 0.3) is 0 Å². The van der Waals surface area contributed by atoms with E-state index in [4.69, 9.17) is 0 Å². The van der Waals surface area contributed by atoms with E-state index in [1.807, 2.05) is 0 Å². The molecule has 0 aromatic heterocycles. The van der Waals surface area contributed by atoms with Gasteiger partial charge < -0.3 is 10.0 Å². The Morgan fingerprint density at radius 3 is 2.63 bits per heavy atom. The molecule has 19 heavy (non-hydrogen) atoms. The lowest BCUT2D eigenvalue weighted by Crippen LogP contribution is -2.47. The van der Waals surface area contributed by atoms with Crippen molar-refractivity contribution in [1.29, 1.82) is 0 Å². The van der Waals surface area contributed by atoms with Crippen molar-refractivity contribution in [2.75, 3.05) is 26.2 Å². The molecular formula is C17H27NO. The molecule has 2 rings (SSSR count). The maximum absolute atomic E-state index is 9.93. The van der Waals surface area contributed by atoms with Crippen molar-refractivity contribution in [2.45, 2.75) is 33.1 Å². The van der Waals surface area contributed by atoms with Crippen molar-refractivity contribution >= 4 is 0 Å². The van der Waals surface area contributed by atoms with Crippen LogP contribution in [0.25, 0.3) is 0 Å². The third-order valence-electron chi connectivity index (χ3n) is 4.12. The summed E-state index contributed by atoms with van der Waals surface area (Å²) in [6.45, 7) is 8.22. The van der Waals surface area contributed by atoms with Crippen molar-refractivity contribution < 1.29 is 5.11 Å². The van der Waals surface area contributed by atoms with Gasteiger partial charge in [-0.3, -0.25) is 0 Å². The molecule has 0 amide bonds. The first-order valence-electron chi connectivity index (χ1n) is 7.51. The molecule has 0 radical (unpaired) electrons. The van der Waals surface area contributed by atoms with Crippen molar-refractivity contribution in [3.63, 3.8) is 0 Å². The van der Waals surface area contributed by atoms with E-state index in [2.05, 4.69) is 49.1 Å². The van der Waals surface area contributed by atoms with Gasteiger partial charge in [-0.25, -0.2) is 0 Å². The minimum absolute atomic E-state index is 0.0640. The van der Waals surface area contributed by atoms with E-state index in [1.54, 1.807) is 0 Å². The third kappa shape index (κ3) is 4.05. The number of nitrogens with zero attached hydrogens (tertiary/aromatic N) is 1. The van der Waals surface area contributed by atoms with E-state index in [0.717, 1.165) is 25.9 Å². The zero-order valence-corrected chi connectivity index (χ0v) is 12.3. The number of hydrogen-bond acceptors (Lipinski definition) is 2.